The van der Waals surface area contributed by atoms with Gasteiger partial charge in [0.2, 0.25) is 0 Å². The van der Waals surface area contributed by atoms with Crippen LogP contribution in [0.15, 0.2) is 65.6 Å². The van der Waals surface area contributed by atoms with Gasteiger partial charge in [-0.05, 0) is 73.4 Å². The minimum atomic E-state index is -3.72. The van der Waals surface area contributed by atoms with Crippen LogP contribution in [0.1, 0.15) is 36.1 Å². The number of hydrogen-bond donors (Lipinski definition) is 0. The van der Waals surface area contributed by atoms with Crippen LogP contribution in [0.4, 0.5) is 15.8 Å². The molecule has 0 saturated carbocycles. The van der Waals surface area contributed by atoms with Gasteiger partial charge in [0.05, 0.1) is 35.0 Å². The van der Waals surface area contributed by atoms with Gasteiger partial charge < -0.3 is 9.64 Å². The quantitative estimate of drug-likeness (QED) is 0.455. The molecule has 1 atom stereocenters. The number of ether oxygens (including phenoxy) is 1. The number of sulfonamides is 1. The maximum absolute atomic E-state index is 13.6. The molecule has 1 fully saturated rings. The van der Waals surface area contributed by atoms with Crippen molar-refractivity contribution in [3.8, 4) is 11.8 Å². The smallest absolute Gasteiger partial charge is 0.264 e. The van der Waals surface area contributed by atoms with Crippen molar-refractivity contribution in [3.63, 3.8) is 0 Å². The predicted octanol–water partition coefficient (Wildman–Crippen LogP) is 4.73. The molecule has 198 valence electrons. The Bertz CT molecular complexity index is 1460. The molecule has 0 N–H and O–H groups in total. The molecular formula is C29H31FN4O3S. The first kappa shape index (κ1) is 26.0. The van der Waals surface area contributed by atoms with Crippen LogP contribution in [0.3, 0.4) is 0 Å². The van der Waals surface area contributed by atoms with Crippen LogP contribution in [0.2, 0.25) is 0 Å². The van der Waals surface area contributed by atoms with Crippen LogP contribution in [-0.4, -0.2) is 53.2 Å². The summed E-state index contributed by atoms with van der Waals surface area (Å²) in [6, 6.07) is 19.0. The molecule has 0 spiro atoms. The minimum absolute atomic E-state index is 0.170. The Morgan fingerprint density at radius 3 is 2.34 bits per heavy atom. The van der Waals surface area contributed by atoms with Gasteiger partial charge in [-0.3, -0.25) is 9.21 Å². The van der Waals surface area contributed by atoms with Gasteiger partial charge in [0.1, 0.15) is 11.6 Å². The van der Waals surface area contributed by atoms with Crippen molar-refractivity contribution in [2.45, 2.75) is 30.7 Å². The topological polar surface area (TPSA) is 76.9 Å². The Morgan fingerprint density at radius 2 is 1.66 bits per heavy atom. The van der Waals surface area contributed by atoms with Crippen molar-refractivity contribution in [1.29, 1.82) is 5.26 Å². The fourth-order valence-electron chi connectivity index (χ4n) is 5.39. The van der Waals surface area contributed by atoms with Crippen molar-refractivity contribution < 1.29 is 17.5 Å². The average Bonchev–Trinajstić information content (AvgIpc) is 2.96. The van der Waals surface area contributed by atoms with E-state index in [1.807, 2.05) is 18.2 Å². The van der Waals surface area contributed by atoms with Crippen LogP contribution in [0.5, 0.6) is 5.75 Å². The van der Waals surface area contributed by atoms with Gasteiger partial charge in [0.25, 0.3) is 10.0 Å². The van der Waals surface area contributed by atoms with Crippen LogP contribution < -0.4 is 13.9 Å². The zero-order valence-corrected chi connectivity index (χ0v) is 22.4. The van der Waals surface area contributed by atoms with Crippen molar-refractivity contribution in [2.75, 3.05) is 49.0 Å². The number of methoxy groups -OCH3 is 1. The molecule has 1 saturated heterocycles. The van der Waals surface area contributed by atoms with E-state index in [9.17, 15) is 12.8 Å². The zero-order chi connectivity index (χ0) is 26.9. The number of benzene rings is 3. The highest BCUT2D eigenvalue weighted by Crippen LogP contribution is 2.36. The van der Waals surface area contributed by atoms with E-state index < -0.39 is 10.0 Å². The van der Waals surface area contributed by atoms with Gasteiger partial charge in [-0.1, -0.05) is 12.1 Å². The standard InChI is InChI=1S/C29H31FN4O3S/c1-21(32-14-16-33(17-15-32)28-12-8-25(30)19-29(28)37-2)23-7-11-27-24(18-23)4-3-13-34(27)38(35,36)26-9-5-22(20-31)6-10-26/h5-12,18-19,21H,3-4,13-17H2,1-2H3. The summed E-state index contributed by atoms with van der Waals surface area (Å²) in [5.74, 6) is 0.232. The molecule has 7 nitrogen and oxygen atoms in total. The molecule has 9 heteroatoms. The molecule has 2 aliphatic heterocycles. The molecule has 2 heterocycles. The SMILES string of the molecule is COc1cc(F)ccc1N1CCN(C(C)c2ccc3c(c2)CCCN3S(=O)(=O)c2ccc(C#N)cc2)CC1. The number of aryl methyl sites for hydroxylation is 1. The zero-order valence-electron chi connectivity index (χ0n) is 21.6. The molecule has 0 bridgehead atoms. The maximum Gasteiger partial charge on any atom is 0.264 e. The molecule has 5 rings (SSSR count). The third-order valence-electron chi connectivity index (χ3n) is 7.58. The normalized spacial score (nSPS) is 17.0. The second-order valence-corrected chi connectivity index (χ2v) is 11.6. The van der Waals surface area contributed by atoms with Gasteiger partial charge in [-0.2, -0.15) is 5.26 Å². The molecule has 3 aromatic rings. The molecule has 38 heavy (non-hydrogen) atoms. The van der Waals surface area contributed by atoms with Crippen LogP contribution in [0.25, 0.3) is 0 Å². The third-order valence-corrected chi connectivity index (χ3v) is 9.41. The maximum atomic E-state index is 13.6. The van der Waals surface area contributed by atoms with Crippen molar-refractivity contribution >= 4 is 21.4 Å². The largest absolute Gasteiger partial charge is 0.494 e. The highest BCUT2D eigenvalue weighted by Gasteiger charge is 2.30. The molecule has 0 radical (unpaired) electrons. The fourth-order valence-corrected chi connectivity index (χ4v) is 6.94. The second kappa shape index (κ2) is 10.6. The molecule has 1 unspecified atom stereocenters. The number of anilines is 2. The summed E-state index contributed by atoms with van der Waals surface area (Å²) in [5.41, 5.74) is 4.25. The molecule has 0 amide bonds. The highest BCUT2D eigenvalue weighted by atomic mass is 32.2. The van der Waals surface area contributed by atoms with Gasteiger partial charge in [0, 0.05) is 44.8 Å². The second-order valence-electron chi connectivity index (χ2n) is 9.72. The number of rotatable bonds is 6. The highest BCUT2D eigenvalue weighted by molar-refractivity contribution is 7.92. The third kappa shape index (κ3) is 4.94. The van der Waals surface area contributed by atoms with E-state index in [2.05, 4.69) is 22.8 Å². The van der Waals surface area contributed by atoms with Crippen molar-refractivity contribution in [3.05, 3.63) is 83.2 Å². The molecule has 0 aromatic heterocycles. The van der Waals surface area contributed by atoms with Crippen LogP contribution in [-0.2, 0) is 16.4 Å². The number of fused-ring (bicyclic) bond motifs is 1. The fraction of sp³-hybridized carbons (Fsp3) is 0.345. The number of halogens is 1. The average molecular weight is 535 g/mol. The van der Waals surface area contributed by atoms with E-state index in [1.54, 1.807) is 13.2 Å². The molecule has 3 aromatic carbocycles. The molecule has 0 aliphatic carbocycles. The summed E-state index contributed by atoms with van der Waals surface area (Å²) in [4.78, 5) is 4.83. The lowest BCUT2D eigenvalue weighted by Crippen LogP contribution is -2.47. The number of piperazine rings is 1. The van der Waals surface area contributed by atoms with Crippen LogP contribution >= 0.6 is 0 Å². The summed E-state index contributed by atoms with van der Waals surface area (Å²) < 4.78 is 47.4. The van der Waals surface area contributed by atoms with Gasteiger partial charge in [-0.15, -0.1) is 0 Å². The Hall–Kier alpha value is -3.61. The number of nitrogens with zero attached hydrogens (tertiary/aromatic N) is 4. The summed E-state index contributed by atoms with van der Waals surface area (Å²) in [6.07, 6.45) is 1.58. The monoisotopic (exact) mass is 534 g/mol. The van der Waals surface area contributed by atoms with Gasteiger partial charge in [-0.25, -0.2) is 12.8 Å². The molecular weight excluding hydrogens is 503 g/mol. The Morgan fingerprint density at radius 1 is 0.947 bits per heavy atom. The summed E-state index contributed by atoms with van der Waals surface area (Å²) >= 11 is 0. The Labute approximate surface area is 223 Å². The Kier molecular flexibility index (Phi) is 7.28. The Balaban J connectivity index is 1.31. The molecule has 2 aliphatic rings. The van der Waals surface area contributed by atoms with Gasteiger partial charge >= 0.3 is 0 Å². The van der Waals surface area contributed by atoms with E-state index in [-0.39, 0.29) is 16.8 Å². The lowest BCUT2D eigenvalue weighted by Gasteiger charge is -2.40. The minimum Gasteiger partial charge on any atom is -0.494 e. The van der Waals surface area contributed by atoms with Crippen molar-refractivity contribution in [2.24, 2.45) is 0 Å². The predicted molar refractivity (Wildman–Crippen MR) is 146 cm³/mol. The summed E-state index contributed by atoms with van der Waals surface area (Å²) in [6.45, 7) is 5.90. The number of nitriles is 1. The first-order valence-corrected chi connectivity index (χ1v) is 14.2. The van der Waals surface area contributed by atoms with E-state index in [0.29, 0.717) is 17.9 Å². The lowest BCUT2D eigenvalue weighted by molar-refractivity contribution is 0.198. The first-order valence-electron chi connectivity index (χ1n) is 12.8. The van der Waals surface area contributed by atoms with E-state index in [4.69, 9.17) is 10.00 Å². The number of hydrogen-bond acceptors (Lipinski definition) is 6. The van der Waals surface area contributed by atoms with E-state index >= 15 is 0 Å². The van der Waals surface area contributed by atoms with E-state index in [1.165, 1.54) is 40.7 Å². The van der Waals surface area contributed by atoms with Crippen molar-refractivity contribution in [1.82, 2.24) is 4.90 Å². The summed E-state index contributed by atoms with van der Waals surface area (Å²) in [7, 11) is -2.16. The van der Waals surface area contributed by atoms with E-state index in [0.717, 1.165) is 61.5 Å². The van der Waals surface area contributed by atoms with Crippen LogP contribution in [0, 0.1) is 17.1 Å². The first-order chi connectivity index (χ1) is 18.3. The van der Waals surface area contributed by atoms with Gasteiger partial charge in [0.15, 0.2) is 0 Å². The lowest BCUT2D eigenvalue weighted by atomic mass is 9.97. The summed E-state index contributed by atoms with van der Waals surface area (Å²) in [5, 5.41) is 9.04.